The Labute approximate surface area is 206 Å². The van der Waals surface area contributed by atoms with Crippen molar-refractivity contribution in [3.05, 3.63) is 38.8 Å². The average molecular weight is 516 g/mol. The lowest BCUT2D eigenvalue weighted by molar-refractivity contribution is -0.148. The number of aliphatic hydroxyl groups excluding tert-OH is 1. The van der Waals surface area contributed by atoms with Gasteiger partial charge in [0.15, 0.2) is 0 Å². The van der Waals surface area contributed by atoms with Gasteiger partial charge >= 0.3 is 12.1 Å². The minimum Gasteiger partial charge on any atom is -0.466 e. The molecule has 2 aliphatic rings. The van der Waals surface area contributed by atoms with E-state index in [1.165, 1.54) is 0 Å². The predicted octanol–water partition coefficient (Wildman–Crippen LogP) is 4.11. The zero-order valence-corrected chi connectivity index (χ0v) is 21.0. The molecule has 2 aliphatic heterocycles. The van der Waals surface area contributed by atoms with Crippen molar-refractivity contribution in [3.63, 3.8) is 0 Å². The number of thiophene rings is 1. The van der Waals surface area contributed by atoms with Crippen LogP contribution < -0.4 is 0 Å². The van der Waals surface area contributed by atoms with E-state index in [1.54, 1.807) is 24.7 Å². The van der Waals surface area contributed by atoms with Crippen LogP contribution in [0.2, 0.25) is 0 Å². The first-order valence-corrected chi connectivity index (χ1v) is 12.8. The highest BCUT2D eigenvalue weighted by atomic mass is 32.1. The first kappa shape index (κ1) is 26.1. The molecule has 0 aliphatic carbocycles. The quantitative estimate of drug-likeness (QED) is 0.560. The van der Waals surface area contributed by atoms with Gasteiger partial charge in [-0.1, -0.05) is 6.92 Å². The molecule has 35 heavy (non-hydrogen) atoms. The molecule has 1 fully saturated rings. The summed E-state index contributed by atoms with van der Waals surface area (Å²) < 4.78 is 53.9. The normalized spacial score (nSPS) is 23.9. The fourth-order valence-electron chi connectivity index (χ4n) is 5.23. The number of halogens is 3. The van der Waals surface area contributed by atoms with Crippen molar-refractivity contribution in [2.75, 3.05) is 19.8 Å². The van der Waals surface area contributed by atoms with Crippen LogP contribution in [-0.4, -0.2) is 51.6 Å². The second kappa shape index (κ2) is 10.2. The number of hydrogen-bond donors (Lipinski definition) is 1. The van der Waals surface area contributed by atoms with Crippen LogP contribution in [0.25, 0.3) is 0 Å². The highest BCUT2D eigenvalue weighted by Gasteiger charge is 2.48. The molecule has 2 aromatic rings. The molecule has 4 heterocycles. The van der Waals surface area contributed by atoms with Gasteiger partial charge in [0.2, 0.25) is 0 Å². The first-order valence-electron chi connectivity index (χ1n) is 12.0. The fraction of sp³-hybridized carbons (Fsp3) is 0.667. The summed E-state index contributed by atoms with van der Waals surface area (Å²) >= 11 is 0.741. The number of carbonyl (C=O) groups excluding carboxylic acids is 1. The van der Waals surface area contributed by atoms with Gasteiger partial charge in [0, 0.05) is 41.3 Å². The Hall–Kier alpha value is -1.95. The number of ether oxygens (including phenoxy) is 2. The van der Waals surface area contributed by atoms with E-state index in [0.29, 0.717) is 62.6 Å². The molecule has 1 N–H and O–H groups in total. The summed E-state index contributed by atoms with van der Waals surface area (Å²) in [6.07, 6.45) is 0.772. The molecule has 1 unspecified atom stereocenters. The van der Waals surface area contributed by atoms with E-state index >= 15 is 0 Å². The number of rotatable bonds is 7. The predicted molar refractivity (Wildman–Crippen MR) is 124 cm³/mol. The lowest BCUT2D eigenvalue weighted by Crippen LogP contribution is -2.50. The molecule has 0 radical (unpaired) electrons. The lowest BCUT2D eigenvalue weighted by atomic mass is 9.81. The lowest BCUT2D eigenvalue weighted by Gasteiger charge is -2.47. The number of aromatic nitrogens is 2. The van der Waals surface area contributed by atoms with Crippen molar-refractivity contribution in [3.8, 4) is 0 Å². The largest absolute Gasteiger partial charge is 0.466 e. The number of carbonyl (C=O) groups is 1. The van der Waals surface area contributed by atoms with Crippen molar-refractivity contribution in [2.24, 2.45) is 5.92 Å². The Balaban J connectivity index is 1.45. The number of likely N-dealkylation sites (tertiary alicyclic amines) is 1. The summed E-state index contributed by atoms with van der Waals surface area (Å²) in [5, 5.41) is 14.1. The Morgan fingerprint density at radius 3 is 2.89 bits per heavy atom. The van der Waals surface area contributed by atoms with Crippen molar-refractivity contribution < 1.29 is 32.5 Å². The Morgan fingerprint density at radius 2 is 2.23 bits per heavy atom. The number of piperidine rings is 1. The molecular formula is C24H32F3N3O4S. The van der Waals surface area contributed by atoms with E-state index in [1.807, 2.05) is 6.20 Å². The van der Waals surface area contributed by atoms with Gasteiger partial charge in [-0.2, -0.15) is 18.3 Å². The van der Waals surface area contributed by atoms with Crippen LogP contribution in [0.15, 0.2) is 12.4 Å². The number of fused-ring (bicyclic) bond motifs is 2. The zero-order chi connectivity index (χ0) is 25.4. The van der Waals surface area contributed by atoms with Crippen LogP contribution in [0.3, 0.4) is 0 Å². The smallest absolute Gasteiger partial charge is 0.425 e. The van der Waals surface area contributed by atoms with Crippen LogP contribution in [0.5, 0.6) is 0 Å². The summed E-state index contributed by atoms with van der Waals surface area (Å²) in [5.41, 5.74) is 0.890. The molecule has 3 atom stereocenters. The Bertz CT molecular complexity index is 1050. The molecule has 0 aromatic carbocycles. The van der Waals surface area contributed by atoms with Gasteiger partial charge in [0.1, 0.15) is 10.5 Å². The molecule has 4 rings (SSSR count). The summed E-state index contributed by atoms with van der Waals surface area (Å²) in [6, 6.07) is 0.0746. The topological polar surface area (TPSA) is 76.8 Å². The third-order valence-corrected chi connectivity index (χ3v) is 8.45. The maximum atomic E-state index is 13.6. The number of alkyl halides is 3. The highest BCUT2D eigenvalue weighted by molar-refractivity contribution is 7.12. The van der Waals surface area contributed by atoms with Crippen LogP contribution in [0.4, 0.5) is 13.2 Å². The molecule has 0 saturated carbocycles. The Kier molecular flexibility index (Phi) is 7.61. The highest BCUT2D eigenvalue weighted by Crippen LogP contribution is 2.51. The van der Waals surface area contributed by atoms with Crippen molar-refractivity contribution >= 4 is 17.3 Å². The van der Waals surface area contributed by atoms with Gasteiger partial charge in [-0.05, 0) is 38.7 Å². The first-order chi connectivity index (χ1) is 16.6. The molecule has 0 bridgehead atoms. The summed E-state index contributed by atoms with van der Waals surface area (Å²) in [6.45, 7) is 7.48. The third kappa shape index (κ3) is 5.28. The molecule has 7 nitrogen and oxygen atoms in total. The minimum absolute atomic E-state index is 0.0136. The summed E-state index contributed by atoms with van der Waals surface area (Å²) in [4.78, 5) is 14.1. The van der Waals surface area contributed by atoms with Gasteiger partial charge < -0.3 is 14.6 Å². The van der Waals surface area contributed by atoms with Crippen molar-refractivity contribution in [2.45, 2.75) is 77.5 Å². The summed E-state index contributed by atoms with van der Waals surface area (Å²) in [5.74, 6) is -0.553. The van der Waals surface area contributed by atoms with E-state index in [9.17, 15) is 23.1 Å². The number of hydrogen-bond acceptors (Lipinski definition) is 7. The second-order valence-corrected chi connectivity index (χ2v) is 10.5. The van der Waals surface area contributed by atoms with E-state index in [0.717, 1.165) is 16.9 Å². The molecule has 1 spiro atoms. The van der Waals surface area contributed by atoms with Crippen molar-refractivity contribution in [1.82, 2.24) is 14.7 Å². The number of esters is 1. The molecule has 2 aromatic heterocycles. The van der Waals surface area contributed by atoms with Crippen LogP contribution >= 0.6 is 11.3 Å². The molecule has 194 valence electrons. The van der Waals surface area contributed by atoms with Crippen molar-refractivity contribution in [1.29, 1.82) is 0 Å². The third-order valence-electron chi connectivity index (χ3n) is 6.95. The molecule has 1 saturated heterocycles. The standard InChI is InChI=1S/C24H32F3N3O4S/c1-4-33-22(32)15(2)11-30-13-17(10-28-30)12-29-7-6-23(9-16(29)3)20-18(5-8-34-23)19(14-31)21(35-20)24(25,26)27/h10,13,15-16,31H,4-9,11-12,14H2,1-3H3/t15?,16-,23+/m0/s1. The second-order valence-electron chi connectivity index (χ2n) is 9.46. The van der Waals surface area contributed by atoms with E-state index in [4.69, 9.17) is 9.47 Å². The maximum absolute atomic E-state index is 13.6. The monoisotopic (exact) mass is 515 g/mol. The van der Waals surface area contributed by atoms with E-state index in [-0.39, 0.29) is 23.5 Å². The molecular weight excluding hydrogens is 483 g/mol. The van der Waals surface area contributed by atoms with E-state index in [2.05, 4.69) is 16.9 Å². The van der Waals surface area contributed by atoms with Crippen LogP contribution in [0.1, 0.15) is 60.1 Å². The van der Waals surface area contributed by atoms with Gasteiger partial charge in [-0.15, -0.1) is 11.3 Å². The molecule has 11 heteroatoms. The zero-order valence-electron chi connectivity index (χ0n) is 20.2. The average Bonchev–Trinajstić information content (AvgIpc) is 3.40. The summed E-state index contributed by atoms with van der Waals surface area (Å²) in [7, 11) is 0. The maximum Gasteiger partial charge on any atom is 0.425 e. The van der Waals surface area contributed by atoms with Gasteiger partial charge in [0.25, 0.3) is 0 Å². The van der Waals surface area contributed by atoms with E-state index < -0.39 is 23.3 Å². The minimum atomic E-state index is -4.49. The number of nitrogens with zero attached hydrogens (tertiary/aromatic N) is 3. The SMILES string of the molecule is CCOC(=O)C(C)Cn1cc(CN2CC[C@]3(C[C@@H]2C)OCCc2c3sc(C(F)(F)F)c2CO)cn1. The fourth-order valence-corrected chi connectivity index (χ4v) is 6.64. The van der Waals surface area contributed by atoms with Crippen LogP contribution in [-0.2, 0) is 52.2 Å². The molecule has 0 amide bonds. The van der Waals surface area contributed by atoms with Crippen LogP contribution in [0, 0.1) is 5.92 Å². The number of aliphatic hydroxyl groups is 1. The van der Waals surface area contributed by atoms with Gasteiger partial charge in [-0.25, -0.2) is 0 Å². The Morgan fingerprint density at radius 1 is 1.46 bits per heavy atom. The van der Waals surface area contributed by atoms with Gasteiger partial charge in [-0.3, -0.25) is 14.4 Å². The van der Waals surface area contributed by atoms with Gasteiger partial charge in [0.05, 0.1) is 38.5 Å².